The van der Waals surface area contributed by atoms with Gasteiger partial charge in [-0.1, -0.05) is 13.3 Å². The van der Waals surface area contributed by atoms with Crippen LogP contribution < -0.4 is 5.32 Å². The molecular formula is C9H18ClNO2. The van der Waals surface area contributed by atoms with Crippen molar-refractivity contribution in [2.75, 3.05) is 13.7 Å². The topological polar surface area (TPSA) is 38.3 Å². The summed E-state index contributed by atoms with van der Waals surface area (Å²) in [6.45, 7) is 3.03. The number of rotatable bonds is 3. The molecule has 78 valence electrons. The molecule has 3 nitrogen and oxygen atoms in total. The van der Waals surface area contributed by atoms with Crippen LogP contribution in [0, 0.1) is 0 Å². The third-order valence-electron chi connectivity index (χ3n) is 2.50. The maximum atomic E-state index is 11.4. The SMILES string of the molecule is CCCC1(C(=O)OC)CCCN1.Cl. The van der Waals surface area contributed by atoms with E-state index in [1.807, 2.05) is 0 Å². The summed E-state index contributed by atoms with van der Waals surface area (Å²) in [6, 6.07) is 0. The molecule has 1 N–H and O–H groups in total. The van der Waals surface area contributed by atoms with Gasteiger partial charge in [0.25, 0.3) is 0 Å². The molecule has 0 aliphatic carbocycles. The maximum absolute atomic E-state index is 11.4. The van der Waals surface area contributed by atoms with E-state index in [1.54, 1.807) is 0 Å². The van der Waals surface area contributed by atoms with Crippen LogP contribution in [-0.4, -0.2) is 25.2 Å². The van der Waals surface area contributed by atoms with Crippen LogP contribution in [0.5, 0.6) is 0 Å². The molecular weight excluding hydrogens is 190 g/mol. The quantitative estimate of drug-likeness (QED) is 0.713. The number of halogens is 1. The van der Waals surface area contributed by atoms with Crippen LogP contribution in [0.3, 0.4) is 0 Å². The third kappa shape index (κ3) is 2.58. The molecule has 0 bridgehead atoms. The molecule has 13 heavy (non-hydrogen) atoms. The summed E-state index contributed by atoms with van der Waals surface area (Å²) in [4.78, 5) is 11.4. The molecule has 0 aromatic carbocycles. The number of hydrogen-bond donors (Lipinski definition) is 1. The highest BCUT2D eigenvalue weighted by Crippen LogP contribution is 2.25. The molecule has 0 amide bonds. The summed E-state index contributed by atoms with van der Waals surface area (Å²) >= 11 is 0. The van der Waals surface area contributed by atoms with Gasteiger partial charge in [0.15, 0.2) is 0 Å². The Hall–Kier alpha value is -0.280. The van der Waals surface area contributed by atoms with Crippen molar-refractivity contribution < 1.29 is 9.53 Å². The highest BCUT2D eigenvalue weighted by molar-refractivity contribution is 5.85. The van der Waals surface area contributed by atoms with Crippen molar-refractivity contribution in [3.8, 4) is 0 Å². The molecule has 1 saturated heterocycles. The first kappa shape index (κ1) is 12.7. The van der Waals surface area contributed by atoms with Crippen LogP contribution in [0.1, 0.15) is 32.6 Å². The number of nitrogens with one attached hydrogen (secondary N) is 1. The van der Waals surface area contributed by atoms with Gasteiger partial charge in [-0.2, -0.15) is 0 Å². The van der Waals surface area contributed by atoms with Crippen molar-refractivity contribution >= 4 is 18.4 Å². The first-order valence-corrected chi connectivity index (χ1v) is 4.58. The van der Waals surface area contributed by atoms with E-state index in [9.17, 15) is 4.79 Å². The number of ether oxygens (including phenoxy) is 1. The molecule has 0 aromatic heterocycles. The minimum atomic E-state index is -0.358. The smallest absolute Gasteiger partial charge is 0.326 e. The Morgan fingerprint density at radius 3 is 2.69 bits per heavy atom. The van der Waals surface area contributed by atoms with E-state index in [-0.39, 0.29) is 23.9 Å². The van der Waals surface area contributed by atoms with Gasteiger partial charge < -0.3 is 10.1 Å². The van der Waals surface area contributed by atoms with E-state index < -0.39 is 0 Å². The van der Waals surface area contributed by atoms with E-state index in [0.717, 1.165) is 32.2 Å². The second-order valence-electron chi connectivity index (χ2n) is 3.35. The molecule has 1 heterocycles. The standard InChI is InChI=1S/C9H17NO2.ClH/c1-3-5-9(8(11)12-2)6-4-7-10-9;/h10H,3-7H2,1-2H3;1H. The fraction of sp³-hybridized carbons (Fsp3) is 0.889. The fourth-order valence-corrected chi connectivity index (χ4v) is 1.92. The van der Waals surface area contributed by atoms with Crippen LogP contribution in [0.25, 0.3) is 0 Å². The van der Waals surface area contributed by atoms with Gasteiger partial charge in [0.2, 0.25) is 0 Å². The summed E-state index contributed by atoms with van der Waals surface area (Å²) in [5.41, 5.74) is -0.358. The van der Waals surface area contributed by atoms with E-state index in [2.05, 4.69) is 12.2 Å². The van der Waals surface area contributed by atoms with Gasteiger partial charge >= 0.3 is 5.97 Å². The highest BCUT2D eigenvalue weighted by Gasteiger charge is 2.40. The van der Waals surface area contributed by atoms with E-state index >= 15 is 0 Å². The number of carbonyl (C=O) groups is 1. The monoisotopic (exact) mass is 207 g/mol. The number of esters is 1. The predicted molar refractivity (Wildman–Crippen MR) is 54.1 cm³/mol. The van der Waals surface area contributed by atoms with Crippen molar-refractivity contribution in [3.05, 3.63) is 0 Å². The van der Waals surface area contributed by atoms with Gasteiger partial charge in [-0.15, -0.1) is 12.4 Å². The van der Waals surface area contributed by atoms with Crippen LogP contribution in [0.15, 0.2) is 0 Å². The minimum Gasteiger partial charge on any atom is -0.468 e. The lowest BCUT2D eigenvalue weighted by Gasteiger charge is -2.25. The van der Waals surface area contributed by atoms with Crippen LogP contribution in [-0.2, 0) is 9.53 Å². The lowest BCUT2D eigenvalue weighted by Crippen LogP contribution is -2.48. The second kappa shape index (κ2) is 5.45. The van der Waals surface area contributed by atoms with E-state index in [0.29, 0.717) is 0 Å². The molecule has 0 spiro atoms. The van der Waals surface area contributed by atoms with E-state index in [1.165, 1.54) is 7.11 Å². The molecule has 1 unspecified atom stereocenters. The molecule has 0 saturated carbocycles. The largest absolute Gasteiger partial charge is 0.468 e. The average Bonchev–Trinajstić information content (AvgIpc) is 2.53. The molecule has 0 radical (unpaired) electrons. The summed E-state index contributed by atoms with van der Waals surface area (Å²) in [5, 5.41) is 3.25. The Bertz CT molecular complexity index is 167. The summed E-state index contributed by atoms with van der Waals surface area (Å²) in [5.74, 6) is -0.0955. The maximum Gasteiger partial charge on any atom is 0.326 e. The predicted octanol–water partition coefficient (Wildman–Crippen LogP) is 1.50. The average molecular weight is 208 g/mol. The van der Waals surface area contributed by atoms with Crippen molar-refractivity contribution in [1.82, 2.24) is 5.32 Å². The molecule has 4 heteroatoms. The summed E-state index contributed by atoms with van der Waals surface area (Å²) in [7, 11) is 1.46. The lowest BCUT2D eigenvalue weighted by molar-refractivity contribution is -0.148. The van der Waals surface area contributed by atoms with Crippen molar-refractivity contribution in [3.63, 3.8) is 0 Å². The Morgan fingerprint density at radius 1 is 1.62 bits per heavy atom. The van der Waals surface area contributed by atoms with Gasteiger partial charge in [-0.3, -0.25) is 4.79 Å². The van der Waals surface area contributed by atoms with Crippen molar-refractivity contribution in [1.29, 1.82) is 0 Å². The van der Waals surface area contributed by atoms with Gasteiger partial charge in [-0.25, -0.2) is 0 Å². The lowest BCUT2D eigenvalue weighted by atomic mass is 9.92. The van der Waals surface area contributed by atoms with Crippen LogP contribution >= 0.6 is 12.4 Å². The molecule has 0 aromatic rings. The van der Waals surface area contributed by atoms with Gasteiger partial charge in [0.1, 0.15) is 5.54 Å². The zero-order valence-electron chi connectivity index (χ0n) is 8.26. The minimum absolute atomic E-state index is 0. The first-order chi connectivity index (χ1) is 5.75. The number of carbonyl (C=O) groups excluding carboxylic acids is 1. The van der Waals surface area contributed by atoms with Crippen molar-refractivity contribution in [2.24, 2.45) is 0 Å². The Labute approximate surface area is 85.6 Å². The Balaban J connectivity index is 0.00000144. The summed E-state index contributed by atoms with van der Waals surface area (Å²) in [6.07, 6.45) is 3.91. The van der Waals surface area contributed by atoms with Gasteiger partial charge in [0, 0.05) is 0 Å². The fourth-order valence-electron chi connectivity index (χ4n) is 1.92. The molecule has 1 aliphatic rings. The number of methoxy groups -OCH3 is 1. The Kier molecular flexibility index (Phi) is 5.33. The first-order valence-electron chi connectivity index (χ1n) is 4.58. The zero-order chi connectivity index (χ0) is 9.03. The second-order valence-corrected chi connectivity index (χ2v) is 3.35. The summed E-state index contributed by atoms with van der Waals surface area (Å²) < 4.78 is 4.79. The number of hydrogen-bond acceptors (Lipinski definition) is 3. The van der Waals surface area contributed by atoms with Crippen LogP contribution in [0.2, 0.25) is 0 Å². The van der Waals surface area contributed by atoms with Crippen LogP contribution in [0.4, 0.5) is 0 Å². The Morgan fingerprint density at radius 2 is 2.31 bits per heavy atom. The highest BCUT2D eigenvalue weighted by atomic mass is 35.5. The molecule has 1 atom stereocenters. The normalized spacial score (nSPS) is 26.6. The molecule has 1 fully saturated rings. The van der Waals surface area contributed by atoms with Gasteiger partial charge in [0.05, 0.1) is 7.11 Å². The molecule has 1 aliphatic heterocycles. The van der Waals surface area contributed by atoms with Crippen molar-refractivity contribution in [2.45, 2.75) is 38.1 Å². The van der Waals surface area contributed by atoms with E-state index in [4.69, 9.17) is 4.74 Å². The third-order valence-corrected chi connectivity index (χ3v) is 2.50. The molecule has 1 rings (SSSR count). The zero-order valence-corrected chi connectivity index (χ0v) is 9.08. The van der Waals surface area contributed by atoms with Gasteiger partial charge in [-0.05, 0) is 25.8 Å².